The van der Waals surface area contributed by atoms with Gasteiger partial charge in [0, 0.05) is 18.9 Å². The molecule has 0 radical (unpaired) electrons. The van der Waals surface area contributed by atoms with Crippen LogP contribution in [0.25, 0.3) is 0 Å². The van der Waals surface area contributed by atoms with Gasteiger partial charge in [-0.05, 0) is 24.6 Å². The van der Waals surface area contributed by atoms with Crippen molar-refractivity contribution in [1.82, 2.24) is 9.55 Å². The minimum Gasteiger partial charge on any atom is -0.477 e. The molecule has 0 amide bonds. The number of hydrogen-bond donors (Lipinski definition) is 2. The van der Waals surface area contributed by atoms with Crippen molar-refractivity contribution in [2.75, 3.05) is 4.72 Å². The third-order valence-electron chi connectivity index (χ3n) is 2.78. The normalized spacial score (nSPS) is 11.3. The average molecular weight is 309 g/mol. The first-order valence-electron chi connectivity index (χ1n) is 6.30. The van der Waals surface area contributed by atoms with Crippen molar-refractivity contribution in [3.63, 3.8) is 0 Å². The van der Waals surface area contributed by atoms with Crippen LogP contribution < -0.4 is 4.72 Å². The number of sulfonamides is 1. The molecule has 0 aliphatic carbocycles. The van der Waals surface area contributed by atoms with Crippen LogP contribution in [0.1, 0.15) is 23.8 Å². The quantitative estimate of drug-likeness (QED) is 0.847. The zero-order chi connectivity index (χ0) is 15.5. The van der Waals surface area contributed by atoms with Crippen LogP contribution in [0.3, 0.4) is 0 Å². The Hall–Kier alpha value is -2.35. The van der Waals surface area contributed by atoms with E-state index in [9.17, 15) is 13.2 Å². The smallest absolute Gasteiger partial charge is 0.352 e. The van der Waals surface area contributed by atoms with Gasteiger partial charge in [-0.15, -0.1) is 0 Å². The second-order valence-corrected chi connectivity index (χ2v) is 6.09. The van der Waals surface area contributed by atoms with Crippen molar-refractivity contribution >= 4 is 21.7 Å². The monoisotopic (exact) mass is 309 g/mol. The first kappa shape index (κ1) is 15.0. The molecule has 0 aliphatic heterocycles. The first-order valence-corrected chi connectivity index (χ1v) is 7.78. The number of aromatic carboxylic acids is 1. The number of aryl methyl sites for hydroxylation is 1. The summed E-state index contributed by atoms with van der Waals surface area (Å²) < 4.78 is 28.3. The molecule has 0 saturated carbocycles. The van der Waals surface area contributed by atoms with Crippen LogP contribution in [-0.4, -0.2) is 29.0 Å². The number of nitrogens with zero attached hydrogens (tertiary/aromatic N) is 2. The Morgan fingerprint density at radius 2 is 2.24 bits per heavy atom. The Morgan fingerprint density at radius 3 is 2.81 bits per heavy atom. The number of anilines is 1. The summed E-state index contributed by atoms with van der Waals surface area (Å²) in [6.07, 6.45) is 4.92. The molecule has 2 aromatic heterocycles. The molecule has 0 aromatic carbocycles. The second-order valence-electron chi connectivity index (χ2n) is 4.41. The van der Waals surface area contributed by atoms with E-state index in [4.69, 9.17) is 5.11 Å². The summed E-state index contributed by atoms with van der Waals surface area (Å²) in [4.78, 5) is 14.9. The molecule has 2 heterocycles. The topological polar surface area (TPSA) is 101 Å². The van der Waals surface area contributed by atoms with E-state index in [-0.39, 0.29) is 10.6 Å². The highest BCUT2D eigenvalue weighted by atomic mass is 32.2. The van der Waals surface area contributed by atoms with Gasteiger partial charge in [0.2, 0.25) is 0 Å². The number of aromatic nitrogens is 2. The van der Waals surface area contributed by atoms with E-state index in [1.807, 2.05) is 6.92 Å². The largest absolute Gasteiger partial charge is 0.477 e. The molecule has 112 valence electrons. The molecule has 0 saturated heterocycles. The van der Waals surface area contributed by atoms with E-state index in [2.05, 4.69) is 9.71 Å². The number of carboxylic acid groups (broad SMARTS) is 1. The first-order chi connectivity index (χ1) is 9.94. The van der Waals surface area contributed by atoms with Gasteiger partial charge in [-0.2, -0.15) is 0 Å². The number of hydrogen-bond acceptors (Lipinski definition) is 4. The lowest BCUT2D eigenvalue weighted by atomic mass is 10.4. The molecule has 21 heavy (non-hydrogen) atoms. The highest BCUT2D eigenvalue weighted by molar-refractivity contribution is 7.92. The molecule has 2 N–H and O–H groups in total. The number of carbonyl (C=O) groups is 1. The van der Waals surface area contributed by atoms with Crippen LogP contribution >= 0.6 is 0 Å². The minimum absolute atomic E-state index is 0.0524. The van der Waals surface area contributed by atoms with Gasteiger partial charge < -0.3 is 9.67 Å². The number of pyridine rings is 1. The molecule has 0 unspecified atom stereocenters. The fourth-order valence-corrected chi connectivity index (χ4v) is 2.95. The highest BCUT2D eigenvalue weighted by Crippen LogP contribution is 2.18. The van der Waals surface area contributed by atoms with E-state index in [1.165, 1.54) is 23.2 Å². The molecular formula is C13H15N3O4S. The molecule has 0 atom stereocenters. The maximum Gasteiger partial charge on any atom is 0.352 e. The molecule has 0 aliphatic rings. The Kier molecular flexibility index (Phi) is 4.27. The lowest BCUT2D eigenvalue weighted by Gasteiger charge is -2.05. The van der Waals surface area contributed by atoms with Crippen molar-refractivity contribution in [3.05, 3.63) is 42.5 Å². The molecule has 2 rings (SSSR count). The fourth-order valence-electron chi connectivity index (χ4n) is 1.87. The van der Waals surface area contributed by atoms with Crippen molar-refractivity contribution in [2.24, 2.45) is 0 Å². The fraction of sp³-hybridized carbons (Fsp3) is 0.231. The van der Waals surface area contributed by atoms with Gasteiger partial charge in [-0.25, -0.2) is 13.2 Å². The van der Waals surface area contributed by atoms with Crippen LogP contribution in [0.15, 0.2) is 41.7 Å². The van der Waals surface area contributed by atoms with Gasteiger partial charge in [0.1, 0.15) is 10.6 Å². The average Bonchev–Trinajstić information content (AvgIpc) is 2.85. The van der Waals surface area contributed by atoms with Crippen LogP contribution in [-0.2, 0) is 16.6 Å². The van der Waals surface area contributed by atoms with Crippen LogP contribution in [0.4, 0.5) is 5.69 Å². The van der Waals surface area contributed by atoms with E-state index in [1.54, 1.807) is 12.1 Å². The predicted molar refractivity (Wildman–Crippen MR) is 76.7 cm³/mol. The van der Waals surface area contributed by atoms with Gasteiger partial charge in [0.15, 0.2) is 0 Å². The van der Waals surface area contributed by atoms with Crippen molar-refractivity contribution in [1.29, 1.82) is 0 Å². The Bertz CT molecular complexity index is 738. The third-order valence-corrected chi connectivity index (χ3v) is 4.13. The summed E-state index contributed by atoms with van der Waals surface area (Å²) in [6.45, 7) is 2.32. The maximum atomic E-state index is 12.2. The highest BCUT2D eigenvalue weighted by Gasteiger charge is 2.21. The second kappa shape index (κ2) is 5.96. The van der Waals surface area contributed by atoms with Gasteiger partial charge in [-0.1, -0.05) is 6.92 Å². The van der Waals surface area contributed by atoms with Gasteiger partial charge >= 0.3 is 5.97 Å². The third kappa shape index (κ3) is 3.40. The Labute approximate surface area is 122 Å². The maximum absolute atomic E-state index is 12.2. The van der Waals surface area contributed by atoms with E-state index < -0.39 is 16.0 Å². The van der Waals surface area contributed by atoms with E-state index >= 15 is 0 Å². The van der Waals surface area contributed by atoms with Gasteiger partial charge in [-0.3, -0.25) is 9.71 Å². The molecule has 0 fully saturated rings. The summed E-state index contributed by atoms with van der Waals surface area (Å²) in [5.41, 5.74) is 0.265. The summed E-state index contributed by atoms with van der Waals surface area (Å²) in [5, 5.41) is 9.12. The standard InChI is InChI=1S/C13H15N3O4S/c1-2-6-16-9-11(7-12(16)13(17)18)21(19,20)15-10-4-3-5-14-8-10/h3-5,7-9,15H,2,6H2,1H3,(H,17,18). The molecule has 0 spiro atoms. The van der Waals surface area contributed by atoms with Gasteiger partial charge in [0.25, 0.3) is 10.0 Å². The van der Waals surface area contributed by atoms with Crippen LogP contribution in [0, 0.1) is 0 Å². The lowest BCUT2D eigenvalue weighted by Crippen LogP contribution is -2.12. The minimum atomic E-state index is -3.84. The molecular weight excluding hydrogens is 294 g/mol. The zero-order valence-electron chi connectivity index (χ0n) is 11.4. The molecule has 2 aromatic rings. The SMILES string of the molecule is CCCn1cc(S(=O)(=O)Nc2cccnc2)cc1C(=O)O. The molecule has 0 bridgehead atoms. The number of rotatable bonds is 6. The predicted octanol–water partition coefficient (Wildman–Crippen LogP) is 1.79. The van der Waals surface area contributed by atoms with Crippen molar-refractivity contribution in [2.45, 2.75) is 24.8 Å². The van der Waals surface area contributed by atoms with E-state index in [0.717, 1.165) is 6.07 Å². The van der Waals surface area contributed by atoms with Crippen molar-refractivity contribution in [3.8, 4) is 0 Å². The summed E-state index contributed by atoms with van der Waals surface area (Å²) in [7, 11) is -3.84. The van der Waals surface area contributed by atoms with E-state index in [0.29, 0.717) is 18.7 Å². The molecule has 8 heteroatoms. The van der Waals surface area contributed by atoms with Crippen LogP contribution in [0.5, 0.6) is 0 Å². The summed E-state index contributed by atoms with van der Waals surface area (Å²) in [6, 6.07) is 4.31. The Balaban J connectivity index is 2.36. The van der Waals surface area contributed by atoms with Crippen LogP contribution in [0.2, 0.25) is 0 Å². The number of nitrogens with one attached hydrogen (secondary N) is 1. The lowest BCUT2D eigenvalue weighted by molar-refractivity contribution is 0.0685. The molecule has 7 nitrogen and oxygen atoms in total. The summed E-state index contributed by atoms with van der Waals surface area (Å²) >= 11 is 0. The van der Waals surface area contributed by atoms with Crippen molar-refractivity contribution < 1.29 is 18.3 Å². The summed E-state index contributed by atoms with van der Waals surface area (Å²) in [5.74, 6) is -1.16. The number of carboxylic acids is 1. The van der Waals surface area contributed by atoms with Gasteiger partial charge in [0.05, 0.1) is 11.9 Å². The zero-order valence-corrected chi connectivity index (χ0v) is 12.2. The Morgan fingerprint density at radius 1 is 1.48 bits per heavy atom.